The number of oxime groups is 1. The maximum Gasteiger partial charge on any atom is 0.341 e. The Bertz CT molecular complexity index is 1030. The highest BCUT2D eigenvalue weighted by Crippen LogP contribution is 2.74. The van der Waals surface area contributed by atoms with Crippen LogP contribution >= 0.6 is 15.9 Å². The number of benzene rings is 1. The van der Waals surface area contributed by atoms with Crippen molar-refractivity contribution >= 4 is 38.7 Å². The van der Waals surface area contributed by atoms with Gasteiger partial charge in [0, 0.05) is 11.0 Å². The van der Waals surface area contributed by atoms with E-state index in [-0.39, 0.29) is 22.6 Å². The van der Waals surface area contributed by atoms with E-state index in [0.29, 0.717) is 41.6 Å². The Morgan fingerprint density at radius 3 is 2.58 bits per heavy atom. The Morgan fingerprint density at radius 2 is 1.96 bits per heavy atom. The number of rotatable bonds is 3. The van der Waals surface area contributed by atoms with Crippen molar-refractivity contribution in [2.24, 2.45) is 16.3 Å². The SMILES string of the molecule is C/C(N)=N/OC(=O)C12CC(c3oc4c(Br)cc(C)cc4c(=O)c3C)(C1)C2. The summed E-state index contributed by atoms with van der Waals surface area (Å²) in [6.45, 7) is 5.29. The van der Waals surface area contributed by atoms with Gasteiger partial charge in [0.15, 0.2) is 11.0 Å². The molecule has 2 N–H and O–H groups in total. The van der Waals surface area contributed by atoms with Crippen LogP contribution in [0.3, 0.4) is 0 Å². The van der Waals surface area contributed by atoms with E-state index >= 15 is 0 Å². The van der Waals surface area contributed by atoms with Crippen LogP contribution in [0.1, 0.15) is 43.1 Å². The van der Waals surface area contributed by atoms with E-state index in [1.165, 1.54) is 0 Å². The fourth-order valence-corrected chi connectivity index (χ4v) is 5.10. The number of nitrogens with zero attached hydrogens (tertiary/aromatic N) is 1. The minimum atomic E-state index is -0.524. The Morgan fingerprint density at radius 1 is 1.31 bits per heavy atom. The number of amidine groups is 1. The van der Waals surface area contributed by atoms with Crippen molar-refractivity contribution in [3.8, 4) is 0 Å². The van der Waals surface area contributed by atoms with Gasteiger partial charge < -0.3 is 15.0 Å². The Labute approximate surface area is 158 Å². The lowest BCUT2D eigenvalue weighted by molar-refractivity contribution is -0.204. The maximum atomic E-state index is 12.8. The van der Waals surface area contributed by atoms with Gasteiger partial charge in [0.05, 0.1) is 15.3 Å². The molecule has 136 valence electrons. The topological polar surface area (TPSA) is 94.9 Å². The Balaban J connectivity index is 1.69. The first-order chi connectivity index (χ1) is 12.2. The van der Waals surface area contributed by atoms with Crippen LogP contribution < -0.4 is 11.2 Å². The largest absolute Gasteiger partial charge is 0.459 e. The van der Waals surface area contributed by atoms with Gasteiger partial charge >= 0.3 is 5.97 Å². The number of fused-ring (bicyclic) bond motifs is 1. The molecule has 0 unspecified atom stereocenters. The average Bonchev–Trinajstić information content (AvgIpc) is 2.48. The first-order valence-electron chi connectivity index (χ1n) is 8.43. The lowest BCUT2D eigenvalue weighted by atomic mass is 9.34. The lowest BCUT2D eigenvalue weighted by Crippen LogP contribution is -2.68. The van der Waals surface area contributed by atoms with Crippen LogP contribution in [0.15, 0.2) is 31.0 Å². The summed E-state index contributed by atoms with van der Waals surface area (Å²) in [5.74, 6) is 0.533. The third-order valence-corrected chi connectivity index (χ3v) is 6.12. The molecule has 1 heterocycles. The van der Waals surface area contributed by atoms with E-state index in [4.69, 9.17) is 15.0 Å². The van der Waals surface area contributed by atoms with Gasteiger partial charge in [-0.2, -0.15) is 0 Å². The average molecular weight is 419 g/mol. The molecule has 3 aliphatic carbocycles. The molecule has 0 spiro atoms. The fraction of sp³-hybridized carbons (Fsp3) is 0.421. The van der Waals surface area contributed by atoms with Crippen molar-refractivity contribution in [1.29, 1.82) is 0 Å². The summed E-state index contributed by atoms with van der Waals surface area (Å²) in [6, 6.07) is 3.77. The predicted molar refractivity (Wildman–Crippen MR) is 101 cm³/mol. The summed E-state index contributed by atoms with van der Waals surface area (Å²) in [4.78, 5) is 30.0. The minimum absolute atomic E-state index is 0.0182. The number of nitrogens with two attached hydrogens (primary N) is 1. The standard InChI is InChI=1S/C19H19BrN2O4/c1-9-4-12-14(23)10(2)16(25-15(12)13(20)5-9)18-6-19(7-18,8-18)17(24)26-22-11(3)21/h4-5H,6-8H2,1-3H3,(H2,21,22). The number of aryl methyl sites for hydroxylation is 1. The molecular formula is C19H19BrN2O4. The van der Waals surface area contributed by atoms with E-state index in [9.17, 15) is 9.59 Å². The molecule has 0 atom stereocenters. The highest BCUT2D eigenvalue weighted by molar-refractivity contribution is 9.10. The molecule has 0 saturated heterocycles. The summed E-state index contributed by atoms with van der Waals surface area (Å²) < 4.78 is 6.94. The molecular weight excluding hydrogens is 400 g/mol. The maximum absolute atomic E-state index is 12.8. The molecule has 3 saturated carbocycles. The zero-order valence-corrected chi connectivity index (χ0v) is 16.4. The van der Waals surface area contributed by atoms with Gasteiger partial charge in [-0.3, -0.25) is 4.79 Å². The molecule has 6 nitrogen and oxygen atoms in total. The van der Waals surface area contributed by atoms with E-state index < -0.39 is 5.41 Å². The van der Waals surface area contributed by atoms with E-state index in [0.717, 1.165) is 10.0 Å². The van der Waals surface area contributed by atoms with Gasteiger partial charge in [0.25, 0.3) is 0 Å². The Hall–Kier alpha value is -2.15. The summed E-state index contributed by atoms with van der Waals surface area (Å²) in [5, 5.41) is 4.13. The van der Waals surface area contributed by atoms with Crippen LogP contribution in [0.5, 0.6) is 0 Å². The third kappa shape index (κ3) is 2.26. The number of hydrogen-bond acceptors (Lipinski definition) is 5. The van der Waals surface area contributed by atoms with Gasteiger partial charge in [-0.05, 0) is 73.7 Å². The van der Waals surface area contributed by atoms with Crippen LogP contribution in [0.25, 0.3) is 11.0 Å². The lowest BCUT2D eigenvalue weighted by Gasteiger charge is -2.67. The van der Waals surface area contributed by atoms with Crippen LogP contribution in [-0.4, -0.2) is 11.8 Å². The summed E-state index contributed by atoms with van der Waals surface area (Å²) in [5.41, 5.74) is 6.77. The second-order valence-electron chi connectivity index (χ2n) is 7.71. The van der Waals surface area contributed by atoms with Crippen molar-refractivity contribution < 1.29 is 14.0 Å². The van der Waals surface area contributed by atoms with E-state index in [2.05, 4.69) is 21.1 Å². The zero-order chi connectivity index (χ0) is 18.9. The molecule has 2 bridgehead atoms. The van der Waals surface area contributed by atoms with E-state index in [1.54, 1.807) is 13.8 Å². The summed E-state index contributed by atoms with van der Waals surface area (Å²) >= 11 is 3.49. The van der Waals surface area contributed by atoms with Crippen molar-refractivity contribution in [1.82, 2.24) is 0 Å². The molecule has 0 radical (unpaired) electrons. The predicted octanol–water partition coefficient (Wildman–Crippen LogP) is 3.43. The summed E-state index contributed by atoms with van der Waals surface area (Å²) in [7, 11) is 0. The number of hydrogen-bond donors (Lipinski definition) is 1. The van der Waals surface area contributed by atoms with E-state index in [1.807, 2.05) is 19.1 Å². The monoisotopic (exact) mass is 418 g/mol. The molecule has 1 aromatic carbocycles. The van der Waals surface area contributed by atoms with Gasteiger partial charge in [0.2, 0.25) is 0 Å². The van der Waals surface area contributed by atoms with Gasteiger partial charge in [-0.1, -0.05) is 5.16 Å². The number of carbonyl (C=O) groups excluding carboxylic acids is 1. The normalized spacial score (nSPS) is 27.0. The molecule has 26 heavy (non-hydrogen) atoms. The molecule has 1 aromatic heterocycles. The minimum Gasteiger partial charge on any atom is -0.459 e. The van der Waals surface area contributed by atoms with Crippen LogP contribution in [0.2, 0.25) is 0 Å². The quantitative estimate of drug-likeness (QED) is 0.356. The first-order valence-corrected chi connectivity index (χ1v) is 9.22. The van der Waals surface area contributed by atoms with Crippen LogP contribution in [0, 0.1) is 19.3 Å². The van der Waals surface area contributed by atoms with Crippen molar-refractivity contribution in [2.75, 3.05) is 0 Å². The van der Waals surface area contributed by atoms with Crippen molar-refractivity contribution in [2.45, 2.75) is 45.4 Å². The highest BCUT2D eigenvalue weighted by Gasteiger charge is 2.75. The van der Waals surface area contributed by atoms with Crippen LogP contribution in [0.4, 0.5) is 0 Å². The molecule has 3 fully saturated rings. The Kier molecular flexibility index (Phi) is 3.60. The molecule has 3 aliphatic rings. The molecule has 0 aliphatic heterocycles. The highest BCUT2D eigenvalue weighted by atomic mass is 79.9. The first kappa shape index (κ1) is 17.3. The van der Waals surface area contributed by atoms with Gasteiger partial charge in [0.1, 0.15) is 11.6 Å². The van der Waals surface area contributed by atoms with Gasteiger partial charge in [-0.25, -0.2) is 4.79 Å². The number of carbonyl (C=O) groups is 1. The van der Waals surface area contributed by atoms with Crippen molar-refractivity contribution in [3.63, 3.8) is 0 Å². The fourth-order valence-electron chi connectivity index (χ4n) is 4.45. The molecule has 5 rings (SSSR count). The van der Waals surface area contributed by atoms with Crippen molar-refractivity contribution in [3.05, 3.63) is 43.7 Å². The van der Waals surface area contributed by atoms with Gasteiger partial charge in [-0.15, -0.1) is 0 Å². The molecule has 2 aromatic rings. The molecule has 7 heteroatoms. The number of halogens is 1. The second kappa shape index (κ2) is 5.42. The molecule has 0 amide bonds. The smallest absolute Gasteiger partial charge is 0.341 e. The second-order valence-corrected chi connectivity index (χ2v) is 8.57. The zero-order valence-electron chi connectivity index (χ0n) is 14.8. The third-order valence-electron chi connectivity index (χ3n) is 5.54. The summed E-state index contributed by atoms with van der Waals surface area (Å²) in [6.07, 6.45) is 1.82. The van der Waals surface area contributed by atoms with Crippen LogP contribution in [-0.2, 0) is 15.0 Å².